The average Bonchev–Trinajstić information content (AvgIpc) is 3.04. The van der Waals surface area contributed by atoms with Gasteiger partial charge in [0.1, 0.15) is 11.5 Å². The first kappa shape index (κ1) is 20.9. The van der Waals surface area contributed by atoms with Crippen molar-refractivity contribution in [1.82, 2.24) is 4.90 Å². The highest BCUT2D eigenvalue weighted by Gasteiger charge is 2.37. The summed E-state index contributed by atoms with van der Waals surface area (Å²) in [6, 6.07) is 13.5. The molecule has 152 valence electrons. The van der Waals surface area contributed by atoms with Crippen molar-refractivity contribution in [3.63, 3.8) is 0 Å². The molecule has 1 amide bonds. The fraction of sp³-hybridized carbons (Fsp3) is 0.318. The van der Waals surface area contributed by atoms with Gasteiger partial charge < -0.3 is 9.47 Å². The molecule has 29 heavy (non-hydrogen) atoms. The Morgan fingerprint density at radius 1 is 1.17 bits per heavy atom. The lowest BCUT2D eigenvalue weighted by molar-refractivity contribution is -0.126. The molecule has 1 heterocycles. The van der Waals surface area contributed by atoms with Gasteiger partial charge in [-0.15, -0.1) is 5.10 Å². The average molecular weight is 412 g/mol. The largest absolute Gasteiger partial charge is 0.497 e. The molecule has 1 aliphatic heterocycles. The number of methoxy groups -OCH3 is 2. The smallest absolute Gasteiger partial charge is 0.242 e. The van der Waals surface area contributed by atoms with Gasteiger partial charge in [-0.3, -0.25) is 9.69 Å². The van der Waals surface area contributed by atoms with Crippen LogP contribution in [0.15, 0.2) is 52.7 Å². The monoisotopic (exact) mass is 411 g/mol. The predicted octanol–water partition coefficient (Wildman–Crippen LogP) is 4.26. The number of amidine groups is 1. The lowest BCUT2D eigenvalue weighted by atomic mass is 10.1. The maximum absolute atomic E-state index is 12.8. The molecule has 0 radical (unpaired) electrons. The van der Waals surface area contributed by atoms with Crippen LogP contribution in [0.3, 0.4) is 0 Å². The van der Waals surface area contributed by atoms with Gasteiger partial charge in [-0.25, -0.2) is 0 Å². The van der Waals surface area contributed by atoms with Crippen LogP contribution in [0.25, 0.3) is 0 Å². The van der Waals surface area contributed by atoms with Crippen molar-refractivity contribution in [1.29, 1.82) is 0 Å². The number of hydrogen-bond donors (Lipinski definition) is 0. The summed E-state index contributed by atoms with van der Waals surface area (Å²) in [5, 5.41) is 9.09. The van der Waals surface area contributed by atoms with Gasteiger partial charge in [-0.2, -0.15) is 5.10 Å². The topological polar surface area (TPSA) is 63.5 Å². The van der Waals surface area contributed by atoms with Gasteiger partial charge in [0.05, 0.1) is 32.2 Å². The fourth-order valence-electron chi connectivity index (χ4n) is 3.01. The molecule has 0 aliphatic carbocycles. The normalized spacial score (nSPS) is 18.1. The van der Waals surface area contributed by atoms with E-state index in [1.54, 1.807) is 31.4 Å². The maximum atomic E-state index is 12.8. The summed E-state index contributed by atoms with van der Waals surface area (Å²) < 4.78 is 10.6. The number of rotatable bonds is 7. The Bertz CT molecular complexity index is 943. The van der Waals surface area contributed by atoms with Gasteiger partial charge in [-0.1, -0.05) is 43.0 Å². The van der Waals surface area contributed by atoms with Gasteiger partial charge in [0.15, 0.2) is 5.17 Å². The molecule has 0 spiro atoms. The van der Waals surface area contributed by atoms with Crippen molar-refractivity contribution >= 4 is 29.1 Å². The summed E-state index contributed by atoms with van der Waals surface area (Å²) in [4.78, 5) is 14.5. The third-order valence-electron chi connectivity index (χ3n) is 4.76. The molecule has 0 N–H and O–H groups in total. The number of aryl methyl sites for hydroxylation is 1. The van der Waals surface area contributed by atoms with Crippen LogP contribution in [-0.2, 0) is 11.3 Å². The highest BCUT2D eigenvalue weighted by Crippen LogP contribution is 2.31. The SMILES string of the molecule is CC[C@H]1S/C(=N\N=C/c2ccc(OC)cc2OC)N(Cc2ccccc2C)C1=O. The molecule has 1 fully saturated rings. The first-order valence-electron chi connectivity index (χ1n) is 9.43. The molecule has 2 aromatic carbocycles. The minimum atomic E-state index is -0.122. The number of thioether (sulfide) groups is 1. The van der Waals surface area contributed by atoms with Gasteiger partial charge >= 0.3 is 0 Å². The summed E-state index contributed by atoms with van der Waals surface area (Å²) in [7, 11) is 3.20. The summed E-state index contributed by atoms with van der Waals surface area (Å²) in [5.74, 6) is 1.43. The van der Waals surface area contributed by atoms with E-state index in [0.29, 0.717) is 23.2 Å². The Morgan fingerprint density at radius 3 is 2.66 bits per heavy atom. The summed E-state index contributed by atoms with van der Waals surface area (Å²) in [5.41, 5.74) is 3.03. The molecule has 1 atom stereocenters. The second-order valence-electron chi connectivity index (χ2n) is 6.60. The number of amides is 1. The second kappa shape index (κ2) is 9.60. The zero-order valence-electron chi connectivity index (χ0n) is 17.1. The van der Waals surface area contributed by atoms with Gasteiger partial charge in [0.2, 0.25) is 5.91 Å². The quantitative estimate of drug-likeness (QED) is 0.505. The molecule has 2 aromatic rings. The van der Waals surface area contributed by atoms with Crippen LogP contribution in [0.4, 0.5) is 0 Å². The second-order valence-corrected chi connectivity index (χ2v) is 7.77. The Morgan fingerprint density at radius 2 is 1.97 bits per heavy atom. The molecule has 7 heteroatoms. The van der Waals surface area contributed by atoms with Gasteiger partial charge in [-0.05, 0) is 36.6 Å². The lowest BCUT2D eigenvalue weighted by Gasteiger charge is -2.17. The zero-order chi connectivity index (χ0) is 20.8. The van der Waals surface area contributed by atoms with Crippen LogP contribution in [0, 0.1) is 6.92 Å². The number of ether oxygens (including phenoxy) is 2. The van der Waals surface area contributed by atoms with Crippen LogP contribution >= 0.6 is 11.8 Å². The lowest BCUT2D eigenvalue weighted by Crippen LogP contribution is -2.31. The van der Waals surface area contributed by atoms with E-state index in [1.807, 2.05) is 50.2 Å². The number of hydrogen-bond acceptors (Lipinski definition) is 6. The van der Waals surface area contributed by atoms with Gasteiger partial charge in [0.25, 0.3) is 0 Å². The van der Waals surface area contributed by atoms with E-state index in [1.165, 1.54) is 11.8 Å². The molecule has 6 nitrogen and oxygen atoms in total. The highest BCUT2D eigenvalue weighted by molar-refractivity contribution is 8.15. The number of nitrogens with zero attached hydrogens (tertiary/aromatic N) is 3. The van der Waals surface area contributed by atoms with E-state index in [2.05, 4.69) is 10.2 Å². The van der Waals surface area contributed by atoms with Crippen LogP contribution in [-0.4, -0.2) is 41.7 Å². The molecule has 0 unspecified atom stereocenters. The fourth-order valence-corrected chi connectivity index (χ4v) is 4.04. The van der Waals surface area contributed by atoms with Crippen molar-refractivity contribution in [2.24, 2.45) is 10.2 Å². The summed E-state index contributed by atoms with van der Waals surface area (Å²) >= 11 is 1.46. The van der Waals surface area contributed by atoms with Crippen LogP contribution in [0.5, 0.6) is 11.5 Å². The minimum Gasteiger partial charge on any atom is -0.497 e. The predicted molar refractivity (Wildman–Crippen MR) is 118 cm³/mol. The van der Waals surface area contributed by atoms with E-state index in [-0.39, 0.29) is 11.2 Å². The van der Waals surface area contributed by atoms with Crippen molar-refractivity contribution in [3.8, 4) is 11.5 Å². The molecule has 3 rings (SSSR count). The molecule has 0 bridgehead atoms. The number of benzene rings is 2. The molecule has 1 saturated heterocycles. The van der Waals surface area contributed by atoms with E-state index in [4.69, 9.17) is 9.47 Å². The van der Waals surface area contributed by atoms with E-state index < -0.39 is 0 Å². The first-order valence-corrected chi connectivity index (χ1v) is 10.3. The standard InChI is InChI=1S/C22H25N3O3S/c1-5-20-21(26)25(14-17-9-7-6-8-15(17)2)22(29-20)24-23-13-16-10-11-18(27-3)12-19(16)28-4/h6-13,20H,5,14H2,1-4H3/b23-13-,24-22-/t20-/m1/s1. The molecule has 0 aromatic heterocycles. The summed E-state index contributed by atoms with van der Waals surface area (Å²) in [6.45, 7) is 4.55. The van der Waals surface area contributed by atoms with Crippen LogP contribution in [0.2, 0.25) is 0 Å². The first-order chi connectivity index (χ1) is 14.1. The Labute approximate surface area is 175 Å². The molecule has 1 aliphatic rings. The van der Waals surface area contributed by atoms with Crippen molar-refractivity contribution in [2.45, 2.75) is 32.1 Å². The maximum Gasteiger partial charge on any atom is 0.242 e. The van der Waals surface area contributed by atoms with Crippen LogP contribution in [0.1, 0.15) is 30.0 Å². The van der Waals surface area contributed by atoms with E-state index in [0.717, 1.165) is 23.1 Å². The zero-order valence-corrected chi connectivity index (χ0v) is 17.9. The summed E-state index contributed by atoms with van der Waals surface area (Å²) in [6.07, 6.45) is 2.38. The van der Waals surface area contributed by atoms with Crippen molar-refractivity contribution < 1.29 is 14.3 Å². The van der Waals surface area contributed by atoms with Gasteiger partial charge in [0, 0.05) is 11.6 Å². The van der Waals surface area contributed by atoms with E-state index in [9.17, 15) is 4.79 Å². The number of carbonyl (C=O) groups is 1. The minimum absolute atomic E-state index is 0.0803. The highest BCUT2D eigenvalue weighted by atomic mass is 32.2. The van der Waals surface area contributed by atoms with Crippen molar-refractivity contribution in [3.05, 3.63) is 59.2 Å². The third-order valence-corrected chi connectivity index (χ3v) is 6.09. The number of carbonyl (C=O) groups excluding carboxylic acids is 1. The Balaban J connectivity index is 1.84. The van der Waals surface area contributed by atoms with Crippen molar-refractivity contribution in [2.75, 3.05) is 14.2 Å². The molecular formula is C22H25N3O3S. The molecule has 0 saturated carbocycles. The Kier molecular flexibility index (Phi) is 6.93. The van der Waals surface area contributed by atoms with E-state index >= 15 is 0 Å². The third kappa shape index (κ3) is 4.79. The molecular weight excluding hydrogens is 386 g/mol. The Hall–Kier alpha value is -2.80. The van der Waals surface area contributed by atoms with Crippen LogP contribution < -0.4 is 9.47 Å².